The Balaban J connectivity index is 1.91. The molecule has 98 valence electrons. The average Bonchev–Trinajstić information content (AvgIpc) is 2.99. The maximum atomic E-state index is 5.71. The van der Waals surface area contributed by atoms with Crippen LogP contribution in [-0.2, 0) is 6.54 Å². The quantitative estimate of drug-likeness (QED) is 0.702. The summed E-state index contributed by atoms with van der Waals surface area (Å²) in [7, 11) is 0. The third kappa shape index (κ3) is 2.50. The van der Waals surface area contributed by atoms with E-state index in [0.717, 1.165) is 12.3 Å². The standard InChI is InChI=1S/C16H17NO2/c1-12(2)19-15-3-4-16-14(9-15)5-7-17(16)10-13-6-8-18-11-13/h3-9,11-12H,10H2,1-2H3. The number of benzene rings is 1. The summed E-state index contributed by atoms with van der Waals surface area (Å²) in [6, 6.07) is 10.3. The summed E-state index contributed by atoms with van der Waals surface area (Å²) in [5.74, 6) is 0.920. The van der Waals surface area contributed by atoms with Crippen LogP contribution in [0.1, 0.15) is 19.4 Å². The molecule has 3 aromatic rings. The van der Waals surface area contributed by atoms with E-state index in [1.54, 1.807) is 12.5 Å². The topological polar surface area (TPSA) is 27.3 Å². The van der Waals surface area contributed by atoms with Crippen molar-refractivity contribution in [2.75, 3.05) is 0 Å². The van der Waals surface area contributed by atoms with Gasteiger partial charge in [-0.3, -0.25) is 0 Å². The molecule has 0 saturated heterocycles. The number of rotatable bonds is 4. The lowest BCUT2D eigenvalue weighted by atomic mass is 10.2. The Morgan fingerprint density at radius 3 is 2.84 bits per heavy atom. The Hall–Kier alpha value is -2.16. The van der Waals surface area contributed by atoms with E-state index in [1.165, 1.54) is 16.5 Å². The number of hydrogen-bond acceptors (Lipinski definition) is 2. The van der Waals surface area contributed by atoms with Gasteiger partial charge in [0.25, 0.3) is 0 Å². The molecular weight excluding hydrogens is 238 g/mol. The zero-order chi connectivity index (χ0) is 13.2. The smallest absolute Gasteiger partial charge is 0.120 e. The van der Waals surface area contributed by atoms with Crippen molar-refractivity contribution < 1.29 is 9.15 Å². The van der Waals surface area contributed by atoms with Crippen LogP contribution in [0.25, 0.3) is 10.9 Å². The van der Waals surface area contributed by atoms with Crippen molar-refractivity contribution in [1.82, 2.24) is 4.57 Å². The molecule has 2 heterocycles. The fourth-order valence-corrected chi connectivity index (χ4v) is 2.24. The Morgan fingerprint density at radius 1 is 1.21 bits per heavy atom. The molecule has 0 fully saturated rings. The number of hydrogen-bond donors (Lipinski definition) is 0. The number of aromatic nitrogens is 1. The first-order valence-electron chi connectivity index (χ1n) is 6.49. The Morgan fingerprint density at radius 2 is 2.11 bits per heavy atom. The monoisotopic (exact) mass is 255 g/mol. The minimum Gasteiger partial charge on any atom is -0.491 e. The number of furan rings is 1. The van der Waals surface area contributed by atoms with Crippen LogP contribution in [-0.4, -0.2) is 10.7 Å². The van der Waals surface area contributed by atoms with Crippen LogP contribution in [0.2, 0.25) is 0 Å². The minimum atomic E-state index is 0.200. The van der Waals surface area contributed by atoms with Gasteiger partial charge in [0.1, 0.15) is 5.75 Å². The van der Waals surface area contributed by atoms with Gasteiger partial charge in [0.2, 0.25) is 0 Å². The van der Waals surface area contributed by atoms with Crippen LogP contribution >= 0.6 is 0 Å². The van der Waals surface area contributed by atoms with Crippen LogP contribution in [0.15, 0.2) is 53.5 Å². The van der Waals surface area contributed by atoms with E-state index in [2.05, 4.69) is 29.0 Å². The molecule has 3 heteroatoms. The highest BCUT2D eigenvalue weighted by Gasteiger charge is 2.05. The Kier molecular flexibility index (Phi) is 3.03. The molecule has 0 aliphatic heterocycles. The third-order valence-corrected chi connectivity index (χ3v) is 3.05. The lowest BCUT2D eigenvalue weighted by Gasteiger charge is -2.10. The highest BCUT2D eigenvalue weighted by Crippen LogP contribution is 2.23. The zero-order valence-corrected chi connectivity index (χ0v) is 11.2. The summed E-state index contributed by atoms with van der Waals surface area (Å²) >= 11 is 0. The molecule has 0 N–H and O–H groups in total. The maximum Gasteiger partial charge on any atom is 0.120 e. The molecule has 0 aliphatic rings. The van der Waals surface area contributed by atoms with Crippen molar-refractivity contribution >= 4 is 10.9 Å². The third-order valence-electron chi connectivity index (χ3n) is 3.05. The van der Waals surface area contributed by atoms with E-state index < -0.39 is 0 Å². The van der Waals surface area contributed by atoms with Gasteiger partial charge in [0, 0.05) is 22.7 Å². The molecule has 2 aromatic heterocycles. The average molecular weight is 255 g/mol. The van der Waals surface area contributed by atoms with Gasteiger partial charge >= 0.3 is 0 Å². The molecule has 0 amide bonds. The van der Waals surface area contributed by atoms with Gasteiger partial charge in [-0.25, -0.2) is 0 Å². The van der Waals surface area contributed by atoms with Crippen LogP contribution < -0.4 is 4.74 Å². The summed E-state index contributed by atoms with van der Waals surface area (Å²) in [6.45, 7) is 4.90. The second-order valence-electron chi connectivity index (χ2n) is 4.96. The van der Waals surface area contributed by atoms with E-state index in [0.29, 0.717) is 0 Å². The van der Waals surface area contributed by atoms with Gasteiger partial charge in [-0.2, -0.15) is 0 Å². The first-order valence-corrected chi connectivity index (χ1v) is 6.49. The van der Waals surface area contributed by atoms with Gasteiger partial charge in [0.05, 0.1) is 25.2 Å². The van der Waals surface area contributed by atoms with Crippen molar-refractivity contribution in [2.24, 2.45) is 0 Å². The van der Waals surface area contributed by atoms with Gasteiger partial charge < -0.3 is 13.7 Å². The van der Waals surface area contributed by atoms with Crippen LogP contribution in [0.4, 0.5) is 0 Å². The largest absolute Gasteiger partial charge is 0.491 e. The zero-order valence-electron chi connectivity index (χ0n) is 11.2. The first kappa shape index (κ1) is 11.9. The highest BCUT2D eigenvalue weighted by atomic mass is 16.5. The SMILES string of the molecule is CC(C)Oc1ccc2c(ccn2Cc2ccoc2)c1. The van der Waals surface area contributed by atoms with Gasteiger partial charge in [-0.05, 0) is 44.2 Å². The Labute approximate surface area is 112 Å². The molecule has 1 aromatic carbocycles. The molecule has 0 radical (unpaired) electrons. The minimum absolute atomic E-state index is 0.200. The molecule has 19 heavy (non-hydrogen) atoms. The van der Waals surface area contributed by atoms with Crippen LogP contribution in [0, 0.1) is 0 Å². The molecule has 3 rings (SSSR count). The second kappa shape index (κ2) is 4.84. The fourth-order valence-electron chi connectivity index (χ4n) is 2.24. The van der Waals surface area contributed by atoms with Crippen molar-refractivity contribution in [3.63, 3.8) is 0 Å². The summed E-state index contributed by atoms with van der Waals surface area (Å²) in [5.41, 5.74) is 2.37. The van der Waals surface area contributed by atoms with E-state index in [-0.39, 0.29) is 6.10 Å². The van der Waals surface area contributed by atoms with E-state index in [4.69, 9.17) is 9.15 Å². The predicted octanol–water partition coefficient (Wildman–Crippen LogP) is 4.07. The summed E-state index contributed by atoms with van der Waals surface area (Å²) in [6.07, 6.45) is 5.78. The molecule has 0 aliphatic carbocycles. The molecule has 0 saturated carbocycles. The van der Waals surface area contributed by atoms with Gasteiger partial charge in [-0.15, -0.1) is 0 Å². The maximum absolute atomic E-state index is 5.71. The van der Waals surface area contributed by atoms with Crippen molar-refractivity contribution in [1.29, 1.82) is 0 Å². The van der Waals surface area contributed by atoms with Crippen molar-refractivity contribution in [3.8, 4) is 5.75 Å². The second-order valence-corrected chi connectivity index (χ2v) is 4.96. The van der Waals surface area contributed by atoms with Crippen molar-refractivity contribution in [2.45, 2.75) is 26.5 Å². The molecule has 3 nitrogen and oxygen atoms in total. The Bertz CT molecular complexity index is 665. The lowest BCUT2D eigenvalue weighted by molar-refractivity contribution is 0.243. The number of fused-ring (bicyclic) bond motifs is 1. The predicted molar refractivity (Wildman–Crippen MR) is 75.5 cm³/mol. The number of ether oxygens (including phenoxy) is 1. The summed E-state index contributed by atoms with van der Waals surface area (Å²) in [5, 5.41) is 1.20. The molecule has 0 spiro atoms. The molecular formula is C16H17NO2. The van der Waals surface area contributed by atoms with Crippen LogP contribution in [0.5, 0.6) is 5.75 Å². The van der Waals surface area contributed by atoms with E-state index >= 15 is 0 Å². The number of nitrogens with zero attached hydrogens (tertiary/aromatic N) is 1. The normalized spacial score (nSPS) is 11.3. The lowest BCUT2D eigenvalue weighted by Crippen LogP contribution is -2.05. The summed E-state index contributed by atoms with van der Waals surface area (Å²) < 4.78 is 13.0. The van der Waals surface area contributed by atoms with E-state index in [1.807, 2.05) is 26.0 Å². The highest BCUT2D eigenvalue weighted by molar-refractivity contribution is 5.81. The van der Waals surface area contributed by atoms with Gasteiger partial charge in [0.15, 0.2) is 0 Å². The van der Waals surface area contributed by atoms with Gasteiger partial charge in [-0.1, -0.05) is 0 Å². The molecule has 0 unspecified atom stereocenters. The van der Waals surface area contributed by atoms with Crippen molar-refractivity contribution in [3.05, 3.63) is 54.6 Å². The van der Waals surface area contributed by atoms with E-state index in [9.17, 15) is 0 Å². The van der Waals surface area contributed by atoms with Crippen LogP contribution in [0.3, 0.4) is 0 Å². The molecule has 0 atom stereocenters. The summed E-state index contributed by atoms with van der Waals surface area (Å²) in [4.78, 5) is 0. The fraction of sp³-hybridized carbons (Fsp3) is 0.250. The molecule has 0 bridgehead atoms. The first-order chi connectivity index (χ1) is 9.22.